The Morgan fingerprint density at radius 1 is 1.30 bits per heavy atom. The molecule has 0 aliphatic heterocycles. The molecule has 7 heteroatoms. The lowest BCUT2D eigenvalue weighted by atomic mass is 10.1. The zero-order chi connectivity index (χ0) is 16.6. The second-order valence-corrected chi connectivity index (χ2v) is 5.62. The van der Waals surface area contributed by atoms with Crippen LogP contribution in [0.15, 0.2) is 18.2 Å². The van der Waals surface area contributed by atoms with E-state index in [1.807, 2.05) is 25.5 Å². The zero-order valence-electron chi connectivity index (χ0n) is 13.7. The highest BCUT2D eigenvalue weighted by Gasteiger charge is 2.19. The fourth-order valence-corrected chi connectivity index (χ4v) is 2.98. The van der Waals surface area contributed by atoms with E-state index in [-0.39, 0.29) is 11.9 Å². The third-order valence-electron chi connectivity index (χ3n) is 4.10. The van der Waals surface area contributed by atoms with Crippen molar-refractivity contribution < 1.29 is 4.79 Å². The maximum Gasteiger partial charge on any atom is 0.251 e. The summed E-state index contributed by atoms with van der Waals surface area (Å²) in [6.45, 7) is 8.85. The molecule has 7 nitrogen and oxygen atoms in total. The van der Waals surface area contributed by atoms with Crippen molar-refractivity contribution in [1.82, 2.24) is 30.5 Å². The molecule has 2 N–H and O–H groups in total. The summed E-state index contributed by atoms with van der Waals surface area (Å²) in [6, 6.07) is 5.15. The van der Waals surface area contributed by atoms with Gasteiger partial charge in [0.05, 0.1) is 11.7 Å². The summed E-state index contributed by atoms with van der Waals surface area (Å²) in [6.07, 6.45) is 0. The van der Waals surface area contributed by atoms with Crippen molar-refractivity contribution in [3.63, 3.8) is 0 Å². The number of aromatic nitrogens is 5. The Morgan fingerprint density at radius 2 is 2.04 bits per heavy atom. The number of nitrogens with one attached hydrogen (secondary N) is 2. The van der Waals surface area contributed by atoms with Crippen LogP contribution in [-0.4, -0.2) is 31.1 Å². The summed E-state index contributed by atoms with van der Waals surface area (Å²) in [4.78, 5) is 12.5. The van der Waals surface area contributed by atoms with Crippen LogP contribution in [0.5, 0.6) is 0 Å². The molecule has 0 aliphatic rings. The Morgan fingerprint density at radius 3 is 2.74 bits per heavy atom. The fraction of sp³-hybridized carbons (Fsp3) is 0.375. The van der Waals surface area contributed by atoms with Crippen molar-refractivity contribution in [2.75, 3.05) is 0 Å². The van der Waals surface area contributed by atoms with Gasteiger partial charge in [-0.2, -0.15) is 20.5 Å². The van der Waals surface area contributed by atoms with Crippen LogP contribution in [0.1, 0.15) is 47.2 Å². The molecule has 1 aromatic carbocycles. The molecule has 120 valence electrons. The standard InChI is InChI=1S/C16H20N6O/c1-5-22-11(4)15(10(3)20-22)9(2)17-16(23)12-6-7-13-14(8-12)19-21-18-13/h6-9H,5H2,1-4H3,(H,17,23)(H,18,19,21)/t9-/m0/s1. The van der Waals surface area contributed by atoms with Gasteiger partial charge in [0.15, 0.2) is 0 Å². The summed E-state index contributed by atoms with van der Waals surface area (Å²) < 4.78 is 1.95. The van der Waals surface area contributed by atoms with Gasteiger partial charge in [0.1, 0.15) is 11.0 Å². The number of rotatable bonds is 4. The number of aryl methyl sites for hydroxylation is 2. The smallest absolute Gasteiger partial charge is 0.251 e. The molecule has 23 heavy (non-hydrogen) atoms. The SMILES string of the molecule is CCn1nc(C)c([C@H](C)NC(=O)c2ccc3n[nH]nc3c2)c1C. The van der Waals surface area contributed by atoms with Gasteiger partial charge in [0.2, 0.25) is 0 Å². The van der Waals surface area contributed by atoms with Crippen LogP contribution in [-0.2, 0) is 6.54 Å². The van der Waals surface area contributed by atoms with Crippen molar-refractivity contribution in [3.05, 3.63) is 40.7 Å². The predicted octanol–water partition coefficient (Wildman–Crippen LogP) is 2.28. The lowest BCUT2D eigenvalue weighted by Gasteiger charge is -2.15. The number of benzene rings is 1. The van der Waals surface area contributed by atoms with Crippen molar-refractivity contribution in [2.45, 2.75) is 40.3 Å². The maximum atomic E-state index is 12.5. The first-order valence-corrected chi connectivity index (χ1v) is 7.66. The lowest BCUT2D eigenvalue weighted by molar-refractivity contribution is 0.0940. The minimum Gasteiger partial charge on any atom is -0.345 e. The molecule has 0 saturated carbocycles. The van der Waals surface area contributed by atoms with E-state index in [9.17, 15) is 4.79 Å². The van der Waals surface area contributed by atoms with Gasteiger partial charge in [-0.15, -0.1) is 0 Å². The number of aromatic amines is 1. The molecule has 0 unspecified atom stereocenters. The number of carbonyl (C=O) groups excluding carboxylic acids is 1. The summed E-state index contributed by atoms with van der Waals surface area (Å²) in [5.41, 5.74) is 5.09. The molecule has 3 aromatic rings. The third-order valence-corrected chi connectivity index (χ3v) is 4.10. The zero-order valence-corrected chi connectivity index (χ0v) is 13.7. The molecule has 2 heterocycles. The molecule has 1 amide bonds. The van der Waals surface area contributed by atoms with E-state index >= 15 is 0 Å². The number of H-pyrrole nitrogens is 1. The molecule has 1 atom stereocenters. The van der Waals surface area contributed by atoms with Gasteiger partial charge in [-0.05, 0) is 45.9 Å². The highest BCUT2D eigenvalue weighted by molar-refractivity contribution is 5.97. The number of nitrogens with zero attached hydrogens (tertiary/aromatic N) is 4. The van der Waals surface area contributed by atoms with Gasteiger partial charge < -0.3 is 5.32 Å². The highest BCUT2D eigenvalue weighted by Crippen LogP contribution is 2.22. The Balaban J connectivity index is 1.83. The van der Waals surface area contributed by atoms with E-state index in [4.69, 9.17) is 0 Å². The first-order chi connectivity index (χ1) is 11.0. The highest BCUT2D eigenvalue weighted by atomic mass is 16.1. The minimum atomic E-state index is -0.134. The number of carbonyl (C=O) groups is 1. The number of hydrogen-bond acceptors (Lipinski definition) is 4. The molecule has 3 rings (SSSR count). The van der Waals surface area contributed by atoms with E-state index in [2.05, 4.69) is 32.7 Å². The van der Waals surface area contributed by atoms with Crippen molar-refractivity contribution in [2.24, 2.45) is 0 Å². The van der Waals surface area contributed by atoms with Crippen LogP contribution in [0.2, 0.25) is 0 Å². The normalized spacial score (nSPS) is 12.5. The summed E-state index contributed by atoms with van der Waals surface area (Å²) in [5, 5.41) is 18.1. The van der Waals surface area contributed by atoms with Crippen LogP contribution in [0, 0.1) is 13.8 Å². The molecular weight excluding hydrogens is 292 g/mol. The van der Waals surface area contributed by atoms with E-state index in [0.717, 1.165) is 29.0 Å². The van der Waals surface area contributed by atoms with Crippen LogP contribution in [0.25, 0.3) is 11.0 Å². The maximum absolute atomic E-state index is 12.5. The number of hydrogen-bond donors (Lipinski definition) is 2. The van der Waals surface area contributed by atoms with Crippen LogP contribution in [0.3, 0.4) is 0 Å². The molecular formula is C16H20N6O. The van der Waals surface area contributed by atoms with Gasteiger partial charge in [-0.25, -0.2) is 0 Å². The molecule has 0 bridgehead atoms. The largest absolute Gasteiger partial charge is 0.345 e. The van der Waals surface area contributed by atoms with E-state index in [1.54, 1.807) is 18.2 Å². The van der Waals surface area contributed by atoms with Crippen LogP contribution < -0.4 is 5.32 Å². The average Bonchev–Trinajstić information content (AvgIpc) is 3.10. The lowest BCUT2D eigenvalue weighted by Crippen LogP contribution is -2.27. The molecule has 0 aliphatic carbocycles. The van der Waals surface area contributed by atoms with E-state index in [1.165, 1.54) is 0 Å². The number of fused-ring (bicyclic) bond motifs is 1. The Hall–Kier alpha value is -2.70. The summed E-state index contributed by atoms with van der Waals surface area (Å²) in [5.74, 6) is -0.134. The molecule has 0 spiro atoms. The molecule has 0 saturated heterocycles. The topological polar surface area (TPSA) is 88.5 Å². The summed E-state index contributed by atoms with van der Waals surface area (Å²) in [7, 11) is 0. The van der Waals surface area contributed by atoms with Crippen molar-refractivity contribution >= 4 is 16.9 Å². The Kier molecular flexibility index (Phi) is 3.85. The molecule has 0 fully saturated rings. The second-order valence-electron chi connectivity index (χ2n) is 5.62. The van der Waals surface area contributed by atoms with Gasteiger partial charge in [0, 0.05) is 23.4 Å². The third kappa shape index (κ3) is 2.69. The van der Waals surface area contributed by atoms with Gasteiger partial charge in [-0.1, -0.05) is 0 Å². The van der Waals surface area contributed by atoms with Crippen LogP contribution >= 0.6 is 0 Å². The van der Waals surface area contributed by atoms with Crippen LogP contribution in [0.4, 0.5) is 0 Å². The second kappa shape index (κ2) is 5.83. The predicted molar refractivity (Wildman–Crippen MR) is 87.1 cm³/mol. The Bertz CT molecular complexity index is 863. The first-order valence-electron chi connectivity index (χ1n) is 7.66. The monoisotopic (exact) mass is 312 g/mol. The number of amides is 1. The van der Waals surface area contributed by atoms with E-state index in [0.29, 0.717) is 11.1 Å². The van der Waals surface area contributed by atoms with Crippen molar-refractivity contribution in [3.8, 4) is 0 Å². The summed E-state index contributed by atoms with van der Waals surface area (Å²) >= 11 is 0. The van der Waals surface area contributed by atoms with Gasteiger partial charge in [-0.3, -0.25) is 9.48 Å². The molecule has 0 radical (unpaired) electrons. The van der Waals surface area contributed by atoms with Gasteiger partial charge in [0.25, 0.3) is 5.91 Å². The minimum absolute atomic E-state index is 0.115. The first kappa shape index (κ1) is 15.2. The molecule has 2 aromatic heterocycles. The quantitative estimate of drug-likeness (QED) is 0.773. The average molecular weight is 312 g/mol. The van der Waals surface area contributed by atoms with E-state index < -0.39 is 0 Å². The van der Waals surface area contributed by atoms with Crippen molar-refractivity contribution in [1.29, 1.82) is 0 Å². The Labute approximate surface area is 134 Å². The fourth-order valence-electron chi connectivity index (χ4n) is 2.98. The van der Waals surface area contributed by atoms with Gasteiger partial charge >= 0.3 is 0 Å².